The van der Waals surface area contributed by atoms with Crippen LogP contribution in [-0.2, 0) is 4.74 Å². The first-order valence-corrected chi connectivity index (χ1v) is 6.04. The number of hydrogen-bond acceptors (Lipinski definition) is 4. The smallest absolute Gasteiger partial charge is 0.337 e. The quantitative estimate of drug-likeness (QED) is 0.777. The van der Waals surface area contributed by atoms with Gasteiger partial charge < -0.3 is 14.8 Å². The lowest BCUT2D eigenvalue weighted by atomic mass is 9.88. The van der Waals surface area contributed by atoms with Crippen LogP contribution in [0.3, 0.4) is 0 Å². The summed E-state index contributed by atoms with van der Waals surface area (Å²) >= 11 is 0. The van der Waals surface area contributed by atoms with E-state index in [0.717, 1.165) is 12.2 Å². The fourth-order valence-electron chi connectivity index (χ4n) is 1.89. The molecule has 1 aromatic carbocycles. The number of anilines is 1. The Bertz CT molecular complexity index is 463. The van der Waals surface area contributed by atoms with E-state index < -0.39 is 0 Å². The van der Waals surface area contributed by atoms with Gasteiger partial charge in [-0.3, -0.25) is 0 Å². The SMILES string of the molecule is COC(=O)c1ccc2c(c1)OC(C(C)(C)C)CN2. The molecule has 0 saturated heterocycles. The van der Waals surface area contributed by atoms with Crippen molar-refractivity contribution in [2.24, 2.45) is 5.41 Å². The van der Waals surface area contributed by atoms with Crippen LogP contribution in [0.25, 0.3) is 0 Å². The van der Waals surface area contributed by atoms with Gasteiger partial charge in [0.05, 0.1) is 24.9 Å². The number of rotatable bonds is 1. The lowest BCUT2D eigenvalue weighted by molar-refractivity contribution is 0.0598. The summed E-state index contributed by atoms with van der Waals surface area (Å²) in [7, 11) is 1.37. The molecule has 1 N–H and O–H groups in total. The van der Waals surface area contributed by atoms with Gasteiger partial charge in [-0.2, -0.15) is 0 Å². The van der Waals surface area contributed by atoms with Crippen molar-refractivity contribution in [3.8, 4) is 5.75 Å². The average Bonchev–Trinajstić information content (AvgIpc) is 2.35. The molecule has 4 nitrogen and oxygen atoms in total. The molecule has 0 spiro atoms. The highest BCUT2D eigenvalue weighted by molar-refractivity contribution is 5.90. The monoisotopic (exact) mass is 249 g/mol. The maximum Gasteiger partial charge on any atom is 0.337 e. The molecular weight excluding hydrogens is 230 g/mol. The molecule has 18 heavy (non-hydrogen) atoms. The Morgan fingerprint density at radius 1 is 1.44 bits per heavy atom. The van der Waals surface area contributed by atoms with Crippen molar-refractivity contribution in [2.45, 2.75) is 26.9 Å². The van der Waals surface area contributed by atoms with Gasteiger partial charge in [0.1, 0.15) is 11.9 Å². The van der Waals surface area contributed by atoms with Gasteiger partial charge in [0.15, 0.2) is 0 Å². The molecule has 2 rings (SSSR count). The Kier molecular flexibility index (Phi) is 3.20. The number of benzene rings is 1. The number of methoxy groups -OCH3 is 1. The Morgan fingerprint density at radius 3 is 2.78 bits per heavy atom. The molecule has 1 unspecified atom stereocenters. The second kappa shape index (κ2) is 4.52. The van der Waals surface area contributed by atoms with E-state index in [0.29, 0.717) is 11.3 Å². The molecule has 1 heterocycles. The van der Waals surface area contributed by atoms with Crippen molar-refractivity contribution in [1.29, 1.82) is 0 Å². The Morgan fingerprint density at radius 2 is 2.17 bits per heavy atom. The molecule has 1 aliphatic rings. The molecule has 98 valence electrons. The molecule has 0 saturated carbocycles. The van der Waals surface area contributed by atoms with Crippen LogP contribution < -0.4 is 10.1 Å². The third kappa shape index (κ3) is 2.42. The predicted molar refractivity (Wildman–Crippen MR) is 70.1 cm³/mol. The summed E-state index contributed by atoms with van der Waals surface area (Å²) < 4.78 is 10.7. The number of carbonyl (C=O) groups excluding carboxylic acids is 1. The van der Waals surface area contributed by atoms with Gasteiger partial charge in [0, 0.05) is 5.41 Å². The maximum absolute atomic E-state index is 11.5. The molecule has 1 aromatic rings. The Labute approximate surface area is 107 Å². The third-order valence-electron chi connectivity index (χ3n) is 3.12. The largest absolute Gasteiger partial charge is 0.486 e. The lowest BCUT2D eigenvalue weighted by Gasteiger charge is -2.36. The number of carbonyl (C=O) groups is 1. The standard InChI is InChI=1S/C14H19NO3/c1-14(2,3)12-8-15-10-6-5-9(13(16)17-4)7-11(10)18-12/h5-7,12,15H,8H2,1-4H3. The van der Waals surface area contributed by atoms with E-state index in [9.17, 15) is 4.79 Å². The highest BCUT2D eigenvalue weighted by Crippen LogP contribution is 2.35. The normalized spacial score (nSPS) is 18.3. The van der Waals surface area contributed by atoms with Crippen LogP contribution in [0.4, 0.5) is 5.69 Å². The molecule has 0 fully saturated rings. The Hall–Kier alpha value is -1.71. The van der Waals surface area contributed by atoms with E-state index >= 15 is 0 Å². The van der Waals surface area contributed by atoms with Crippen LogP contribution in [0.15, 0.2) is 18.2 Å². The maximum atomic E-state index is 11.5. The fourth-order valence-corrected chi connectivity index (χ4v) is 1.89. The molecule has 1 aliphatic heterocycles. The van der Waals surface area contributed by atoms with E-state index in [4.69, 9.17) is 9.47 Å². The molecule has 0 aliphatic carbocycles. The topological polar surface area (TPSA) is 47.6 Å². The molecule has 1 atom stereocenters. The van der Waals surface area contributed by atoms with E-state index in [1.165, 1.54) is 7.11 Å². The fraction of sp³-hybridized carbons (Fsp3) is 0.500. The third-order valence-corrected chi connectivity index (χ3v) is 3.12. The van der Waals surface area contributed by atoms with Crippen molar-refractivity contribution >= 4 is 11.7 Å². The van der Waals surface area contributed by atoms with E-state index in [1.807, 2.05) is 6.07 Å². The van der Waals surface area contributed by atoms with Crippen molar-refractivity contribution in [2.75, 3.05) is 19.0 Å². The van der Waals surface area contributed by atoms with E-state index in [-0.39, 0.29) is 17.5 Å². The highest BCUT2D eigenvalue weighted by Gasteiger charge is 2.30. The van der Waals surface area contributed by atoms with Gasteiger partial charge in [-0.05, 0) is 18.2 Å². The summed E-state index contributed by atoms with van der Waals surface area (Å²) in [5, 5.41) is 3.33. The zero-order valence-electron chi connectivity index (χ0n) is 11.2. The summed E-state index contributed by atoms with van der Waals surface area (Å²) in [6.07, 6.45) is 0.0814. The summed E-state index contributed by atoms with van der Waals surface area (Å²) in [6, 6.07) is 5.31. The summed E-state index contributed by atoms with van der Waals surface area (Å²) in [6.45, 7) is 7.17. The van der Waals surface area contributed by atoms with Crippen molar-refractivity contribution in [1.82, 2.24) is 0 Å². The van der Waals surface area contributed by atoms with Crippen LogP contribution in [0.2, 0.25) is 0 Å². The minimum atomic E-state index is -0.348. The number of nitrogens with one attached hydrogen (secondary N) is 1. The van der Waals surface area contributed by atoms with Gasteiger partial charge in [-0.25, -0.2) is 4.79 Å². The van der Waals surface area contributed by atoms with Gasteiger partial charge >= 0.3 is 5.97 Å². The second-order valence-corrected chi connectivity index (χ2v) is 5.56. The van der Waals surface area contributed by atoms with Gasteiger partial charge in [-0.15, -0.1) is 0 Å². The van der Waals surface area contributed by atoms with Gasteiger partial charge in [-0.1, -0.05) is 20.8 Å². The summed E-state index contributed by atoms with van der Waals surface area (Å²) in [4.78, 5) is 11.5. The number of hydrogen-bond donors (Lipinski definition) is 1. The molecule has 0 aromatic heterocycles. The van der Waals surface area contributed by atoms with Crippen LogP contribution in [0.1, 0.15) is 31.1 Å². The predicted octanol–water partition coefficient (Wildman–Crippen LogP) is 2.69. The summed E-state index contributed by atoms with van der Waals surface area (Å²) in [5.74, 6) is 0.364. The molecular formula is C14H19NO3. The van der Waals surface area contributed by atoms with Crippen LogP contribution in [0, 0.1) is 5.41 Å². The van der Waals surface area contributed by atoms with Crippen molar-refractivity contribution < 1.29 is 14.3 Å². The highest BCUT2D eigenvalue weighted by atomic mass is 16.5. The molecule has 0 radical (unpaired) electrons. The van der Waals surface area contributed by atoms with Crippen LogP contribution in [-0.4, -0.2) is 25.7 Å². The number of esters is 1. The molecule has 0 bridgehead atoms. The zero-order valence-corrected chi connectivity index (χ0v) is 11.2. The molecule has 0 amide bonds. The van der Waals surface area contributed by atoms with Crippen molar-refractivity contribution in [3.05, 3.63) is 23.8 Å². The number of fused-ring (bicyclic) bond motifs is 1. The lowest BCUT2D eigenvalue weighted by Crippen LogP contribution is -2.41. The average molecular weight is 249 g/mol. The first-order valence-electron chi connectivity index (χ1n) is 6.04. The minimum Gasteiger partial charge on any atom is -0.486 e. The van der Waals surface area contributed by atoms with Crippen LogP contribution >= 0.6 is 0 Å². The van der Waals surface area contributed by atoms with Crippen molar-refractivity contribution in [3.63, 3.8) is 0 Å². The minimum absolute atomic E-state index is 0.0476. The first-order chi connectivity index (χ1) is 8.41. The summed E-state index contributed by atoms with van der Waals surface area (Å²) in [5.41, 5.74) is 1.47. The first kappa shape index (κ1) is 12.7. The van der Waals surface area contributed by atoms with Crippen LogP contribution in [0.5, 0.6) is 5.75 Å². The number of ether oxygens (including phenoxy) is 2. The van der Waals surface area contributed by atoms with E-state index in [2.05, 4.69) is 26.1 Å². The molecule has 4 heteroatoms. The van der Waals surface area contributed by atoms with E-state index in [1.54, 1.807) is 12.1 Å². The zero-order chi connectivity index (χ0) is 13.3. The Balaban J connectivity index is 2.27. The van der Waals surface area contributed by atoms with Gasteiger partial charge in [0.2, 0.25) is 0 Å². The second-order valence-electron chi connectivity index (χ2n) is 5.56. The van der Waals surface area contributed by atoms with Gasteiger partial charge in [0.25, 0.3) is 0 Å².